The van der Waals surface area contributed by atoms with Crippen LogP contribution in [0.3, 0.4) is 0 Å². The number of rotatable bonds is 4. The average Bonchev–Trinajstić information content (AvgIpc) is 2.68. The zero-order chi connectivity index (χ0) is 15.8. The van der Waals surface area contributed by atoms with Crippen LogP contribution >= 0.6 is 15.9 Å². The lowest BCUT2D eigenvalue weighted by atomic mass is 10.2. The van der Waals surface area contributed by atoms with Crippen molar-refractivity contribution in [3.8, 4) is 0 Å². The summed E-state index contributed by atoms with van der Waals surface area (Å²) >= 11 is 3.43. The number of nitrogens with zero attached hydrogens (tertiary/aromatic N) is 2. The number of hydrogen-bond acceptors (Lipinski definition) is 4. The number of aryl methyl sites for hydroxylation is 3. The van der Waals surface area contributed by atoms with Crippen LogP contribution in [-0.2, 0) is 22.1 Å². The Morgan fingerprint density at radius 2 is 2.00 bits per heavy atom. The smallest absolute Gasteiger partial charge is 0.184 e. The fraction of sp³-hybridized carbons (Fsp3) is 0.357. The lowest BCUT2D eigenvalue weighted by molar-refractivity contribution is 0.585. The Morgan fingerprint density at radius 1 is 1.33 bits per heavy atom. The summed E-state index contributed by atoms with van der Waals surface area (Å²) in [5.74, 6) is -0.105. The minimum atomic E-state index is -3.48. The summed E-state index contributed by atoms with van der Waals surface area (Å²) in [7, 11) is -3.48. The lowest BCUT2D eigenvalue weighted by Gasteiger charge is -2.10. The molecule has 0 unspecified atom stereocenters. The largest absolute Gasteiger partial charge is 0.399 e. The molecule has 1 aromatic carbocycles. The van der Waals surface area contributed by atoms with Crippen molar-refractivity contribution in [2.24, 2.45) is 0 Å². The molecule has 0 aliphatic heterocycles. The van der Waals surface area contributed by atoms with Crippen LogP contribution in [-0.4, -0.2) is 18.2 Å². The van der Waals surface area contributed by atoms with Gasteiger partial charge in [0.05, 0.1) is 26.5 Å². The number of hydrogen-bond donors (Lipinski definition) is 1. The minimum absolute atomic E-state index is 0.105. The Balaban J connectivity index is 2.50. The van der Waals surface area contributed by atoms with Crippen LogP contribution in [0.15, 0.2) is 27.6 Å². The molecule has 0 bridgehead atoms. The highest BCUT2D eigenvalue weighted by molar-refractivity contribution is 9.10. The van der Waals surface area contributed by atoms with E-state index in [9.17, 15) is 8.42 Å². The highest BCUT2D eigenvalue weighted by Gasteiger charge is 2.23. The van der Waals surface area contributed by atoms with Gasteiger partial charge in [-0.3, -0.25) is 4.68 Å². The van der Waals surface area contributed by atoms with E-state index in [-0.39, 0.29) is 10.6 Å². The molecule has 7 heteroatoms. The van der Waals surface area contributed by atoms with Crippen molar-refractivity contribution in [1.29, 1.82) is 0 Å². The van der Waals surface area contributed by atoms with Gasteiger partial charge in [-0.05, 0) is 54.4 Å². The molecule has 2 N–H and O–H groups in total. The van der Waals surface area contributed by atoms with Gasteiger partial charge in [-0.15, -0.1) is 0 Å². The maximum absolute atomic E-state index is 12.7. The first-order valence-corrected chi connectivity index (χ1v) is 9.01. The quantitative estimate of drug-likeness (QED) is 0.838. The fourth-order valence-electron chi connectivity index (χ4n) is 2.22. The Morgan fingerprint density at radius 3 is 2.62 bits per heavy atom. The van der Waals surface area contributed by atoms with Crippen molar-refractivity contribution in [2.45, 2.75) is 38.0 Å². The summed E-state index contributed by atoms with van der Waals surface area (Å²) in [6, 6.07) is 4.93. The number of halogens is 1. The van der Waals surface area contributed by atoms with Crippen molar-refractivity contribution in [3.63, 3.8) is 0 Å². The standard InChI is InChI=1S/C14H18BrN3O2S/c1-4-18-12(14(15)10(3)17-18)8-21(19,20)13-7-11(16)6-5-9(13)2/h5-7H,4,8,16H2,1-3H3. The Kier molecular flexibility index (Phi) is 4.43. The predicted octanol–water partition coefficient (Wildman–Crippen LogP) is 2.84. The van der Waals surface area contributed by atoms with Gasteiger partial charge in [0, 0.05) is 12.2 Å². The summed E-state index contributed by atoms with van der Waals surface area (Å²) in [5.41, 5.74) is 8.30. The first-order valence-electron chi connectivity index (χ1n) is 6.57. The number of benzene rings is 1. The van der Waals surface area contributed by atoms with E-state index in [0.717, 1.165) is 10.2 Å². The summed E-state index contributed by atoms with van der Waals surface area (Å²) in [6.45, 7) is 6.16. The van der Waals surface area contributed by atoms with E-state index in [4.69, 9.17) is 5.73 Å². The second-order valence-electron chi connectivity index (χ2n) is 4.95. The highest BCUT2D eigenvalue weighted by atomic mass is 79.9. The summed E-state index contributed by atoms with van der Waals surface area (Å²) in [5, 5.41) is 4.33. The number of nitrogens with two attached hydrogens (primary N) is 1. The van der Waals surface area contributed by atoms with E-state index in [1.807, 2.05) is 13.8 Å². The molecule has 5 nitrogen and oxygen atoms in total. The third-order valence-corrected chi connectivity index (χ3v) is 6.12. The summed E-state index contributed by atoms with van der Waals surface area (Å²) in [4.78, 5) is 0.274. The van der Waals surface area contributed by atoms with E-state index in [2.05, 4.69) is 21.0 Å². The van der Waals surface area contributed by atoms with E-state index < -0.39 is 9.84 Å². The molecule has 0 radical (unpaired) electrons. The van der Waals surface area contributed by atoms with Crippen molar-refractivity contribution in [1.82, 2.24) is 9.78 Å². The van der Waals surface area contributed by atoms with Crippen LogP contribution in [0, 0.1) is 13.8 Å². The fourth-order valence-corrected chi connectivity index (χ4v) is 4.51. The van der Waals surface area contributed by atoms with Gasteiger partial charge in [0.1, 0.15) is 0 Å². The Hall–Kier alpha value is -1.34. The molecule has 21 heavy (non-hydrogen) atoms. The molecule has 0 aliphatic rings. The molecule has 0 fully saturated rings. The Labute approximate surface area is 133 Å². The second-order valence-corrected chi connectivity index (χ2v) is 7.70. The molecule has 2 rings (SSSR count). The van der Waals surface area contributed by atoms with Crippen molar-refractivity contribution in [3.05, 3.63) is 39.6 Å². The van der Waals surface area contributed by atoms with Crippen LogP contribution in [0.1, 0.15) is 23.9 Å². The van der Waals surface area contributed by atoms with Crippen molar-refractivity contribution in [2.75, 3.05) is 5.73 Å². The first-order chi connectivity index (χ1) is 9.76. The van der Waals surface area contributed by atoms with Gasteiger partial charge in [0.15, 0.2) is 9.84 Å². The number of sulfone groups is 1. The number of nitrogen functional groups attached to an aromatic ring is 1. The minimum Gasteiger partial charge on any atom is -0.399 e. The van der Waals surface area contributed by atoms with Crippen LogP contribution in [0.25, 0.3) is 0 Å². The number of anilines is 1. The molecule has 1 aromatic heterocycles. The van der Waals surface area contributed by atoms with E-state index in [1.54, 1.807) is 23.7 Å². The Bertz CT molecular complexity index is 782. The lowest BCUT2D eigenvalue weighted by Crippen LogP contribution is -2.12. The van der Waals surface area contributed by atoms with Gasteiger partial charge < -0.3 is 5.73 Å². The molecule has 0 aliphatic carbocycles. The topological polar surface area (TPSA) is 78.0 Å². The molecule has 0 atom stereocenters. The molecule has 2 aromatic rings. The third kappa shape index (κ3) is 3.13. The van der Waals surface area contributed by atoms with E-state index in [1.165, 1.54) is 6.07 Å². The average molecular weight is 372 g/mol. The zero-order valence-corrected chi connectivity index (χ0v) is 14.6. The van der Waals surface area contributed by atoms with Gasteiger partial charge in [-0.2, -0.15) is 5.10 Å². The second kappa shape index (κ2) is 5.81. The molecule has 1 heterocycles. The van der Waals surface area contributed by atoms with E-state index in [0.29, 0.717) is 23.5 Å². The molecular weight excluding hydrogens is 354 g/mol. The maximum Gasteiger partial charge on any atom is 0.184 e. The molecule has 0 saturated heterocycles. The van der Waals surface area contributed by atoms with Crippen LogP contribution < -0.4 is 5.73 Å². The SMILES string of the molecule is CCn1nc(C)c(Br)c1CS(=O)(=O)c1cc(N)ccc1C. The van der Waals surface area contributed by atoms with Crippen LogP contribution in [0.5, 0.6) is 0 Å². The molecular formula is C14H18BrN3O2S. The monoisotopic (exact) mass is 371 g/mol. The molecule has 0 spiro atoms. The highest BCUT2D eigenvalue weighted by Crippen LogP contribution is 2.27. The summed E-state index contributed by atoms with van der Waals surface area (Å²) < 4.78 is 27.8. The van der Waals surface area contributed by atoms with Crippen molar-refractivity contribution >= 4 is 31.5 Å². The first kappa shape index (κ1) is 16.0. The van der Waals surface area contributed by atoms with Gasteiger partial charge in [-0.25, -0.2) is 8.42 Å². The maximum atomic E-state index is 12.7. The van der Waals surface area contributed by atoms with Gasteiger partial charge >= 0.3 is 0 Å². The van der Waals surface area contributed by atoms with Gasteiger partial charge in [0.2, 0.25) is 0 Å². The van der Waals surface area contributed by atoms with Gasteiger partial charge in [0.25, 0.3) is 0 Å². The van der Waals surface area contributed by atoms with Crippen LogP contribution in [0.2, 0.25) is 0 Å². The van der Waals surface area contributed by atoms with E-state index >= 15 is 0 Å². The summed E-state index contributed by atoms with van der Waals surface area (Å²) in [6.07, 6.45) is 0. The van der Waals surface area contributed by atoms with Crippen molar-refractivity contribution < 1.29 is 8.42 Å². The van der Waals surface area contributed by atoms with Gasteiger partial charge in [-0.1, -0.05) is 6.07 Å². The number of aromatic nitrogens is 2. The molecule has 114 valence electrons. The predicted molar refractivity (Wildman–Crippen MR) is 86.8 cm³/mol. The normalized spacial score (nSPS) is 11.8. The zero-order valence-electron chi connectivity index (χ0n) is 12.2. The van der Waals surface area contributed by atoms with Crippen LogP contribution in [0.4, 0.5) is 5.69 Å². The molecule has 0 saturated carbocycles. The third-order valence-electron chi connectivity index (χ3n) is 3.33. The molecule has 0 amide bonds.